The number of dihydropyridines is 1. The molecule has 1 aromatic heterocycles. The summed E-state index contributed by atoms with van der Waals surface area (Å²) in [5.74, 6) is 0.770. The van der Waals surface area contributed by atoms with Crippen LogP contribution in [-0.4, -0.2) is 17.8 Å². The third-order valence-electron chi connectivity index (χ3n) is 4.70. The molecule has 2 radical (unpaired) electrons. The first-order valence-corrected chi connectivity index (χ1v) is 9.44. The Bertz CT molecular complexity index is 849. The Morgan fingerprint density at radius 1 is 0.889 bits per heavy atom. The molecule has 0 aliphatic carbocycles. The van der Waals surface area contributed by atoms with Crippen LogP contribution in [0.3, 0.4) is 0 Å². The van der Waals surface area contributed by atoms with E-state index in [1.165, 1.54) is 5.56 Å². The average molecular weight is 357 g/mol. The molecule has 1 unspecified atom stereocenters. The fraction of sp³-hybridized carbons (Fsp3) is 0.391. The Hall–Kier alpha value is -2.36. The number of nitrogens with zero attached hydrogens (tertiary/aromatic N) is 2. The largest absolute Gasteiger partial charge is 0.380 e. The van der Waals surface area contributed by atoms with E-state index in [9.17, 15) is 0 Å². The van der Waals surface area contributed by atoms with Gasteiger partial charge in [-0.1, -0.05) is 83.4 Å². The highest BCUT2D eigenvalue weighted by Crippen LogP contribution is 2.29. The van der Waals surface area contributed by atoms with Gasteiger partial charge in [0.25, 0.3) is 0 Å². The van der Waals surface area contributed by atoms with Crippen LogP contribution in [0, 0.1) is 0 Å². The van der Waals surface area contributed by atoms with E-state index >= 15 is 0 Å². The van der Waals surface area contributed by atoms with E-state index in [4.69, 9.17) is 17.8 Å². The summed E-state index contributed by atoms with van der Waals surface area (Å²) in [6, 6.07) is 10.2. The van der Waals surface area contributed by atoms with Crippen LogP contribution in [0.15, 0.2) is 48.7 Å². The molecule has 3 rings (SSSR count). The number of benzene rings is 1. The van der Waals surface area contributed by atoms with Gasteiger partial charge >= 0.3 is 0 Å². The molecule has 0 amide bonds. The SMILES string of the molecule is [B]c1ccc(C2C=CC(c3nc(C(C)(C)C)cc(C(C)(C)C)n3)=CN2)cc1. The summed E-state index contributed by atoms with van der Waals surface area (Å²) in [5, 5.41) is 3.45. The van der Waals surface area contributed by atoms with Gasteiger partial charge in [0.2, 0.25) is 0 Å². The third-order valence-corrected chi connectivity index (χ3v) is 4.70. The monoisotopic (exact) mass is 357 g/mol. The topological polar surface area (TPSA) is 37.8 Å². The minimum absolute atomic E-state index is 0.0312. The third kappa shape index (κ3) is 4.49. The van der Waals surface area contributed by atoms with Crippen molar-refractivity contribution in [1.29, 1.82) is 0 Å². The lowest BCUT2D eigenvalue weighted by molar-refractivity contribution is 0.536. The summed E-state index contributed by atoms with van der Waals surface area (Å²) >= 11 is 0. The van der Waals surface area contributed by atoms with Gasteiger partial charge < -0.3 is 5.32 Å². The summed E-state index contributed by atoms with van der Waals surface area (Å²) in [6.07, 6.45) is 6.26. The lowest BCUT2D eigenvalue weighted by atomic mass is 9.86. The average Bonchev–Trinajstić information content (AvgIpc) is 2.61. The van der Waals surface area contributed by atoms with E-state index in [0.717, 1.165) is 28.2 Å². The standard InChI is InChI=1S/C23H28BN3/c1-22(2,3)19-13-20(23(4,5)6)27-21(26-19)16-9-12-18(25-14-16)15-7-10-17(24)11-8-15/h7-14,18,25H,1-6H3. The van der Waals surface area contributed by atoms with Gasteiger partial charge in [0.1, 0.15) is 7.85 Å². The maximum Gasteiger partial charge on any atom is 0.161 e. The first kappa shape index (κ1) is 19.4. The van der Waals surface area contributed by atoms with Crippen LogP contribution in [0.5, 0.6) is 0 Å². The van der Waals surface area contributed by atoms with Gasteiger partial charge in [-0.05, 0) is 11.6 Å². The van der Waals surface area contributed by atoms with Crippen molar-refractivity contribution in [2.24, 2.45) is 0 Å². The molecular weight excluding hydrogens is 329 g/mol. The van der Waals surface area contributed by atoms with E-state index in [0.29, 0.717) is 0 Å². The van der Waals surface area contributed by atoms with Crippen molar-refractivity contribution in [2.45, 2.75) is 58.4 Å². The van der Waals surface area contributed by atoms with Crippen LogP contribution in [0.25, 0.3) is 5.57 Å². The van der Waals surface area contributed by atoms with Gasteiger partial charge in [-0.25, -0.2) is 9.97 Å². The molecule has 4 heteroatoms. The van der Waals surface area contributed by atoms with Crippen molar-refractivity contribution in [1.82, 2.24) is 15.3 Å². The summed E-state index contributed by atoms with van der Waals surface area (Å²) in [5.41, 5.74) is 5.01. The number of nitrogens with one attached hydrogen (secondary N) is 1. The number of rotatable bonds is 2. The molecule has 0 fully saturated rings. The zero-order valence-corrected chi connectivity index (χ0v) is 17.2. The second-order valence-electron chi connectivity index (χ2n) is 9.23. The number of allylic oxidation sites excluding steroid dienone is 2. The molecule has 1 aromatic carbocycles. The molecule has 1 N–H and O–H groups in total. The van der Waals surface area contributed by atoms with Crippen LogP contribution in [0.4, 0.5) is 0 Å². The summed E-state index contributed by atoms with van der Waals surface area (Å²) < 4.78 is 0. The molecule has 27 heavy (non-hydrogen) atoms. The van der Waals surface area contributed by atoms with Crippen molar-refractivity contribution in [2.75, 3.05) is 0 Å². The molecule has 0 bridgehead atoms. The second kappa shape index (κ2) is 6.99. The van der Waals surface area contributed by atoms with Crippen molar-refractivity contribution in [3.63, 3.8) is 0 Å². The van der Waals surface area contributed by atoms with Gasteiger partial charge in [-0.15, -0.1) is 0 Å². The highest BCUT2D eigenvalue weighted by Gasteiger charge is 2.24. The minimum Gasteiger partial charge on any atom is -0.380 e. The summed E-state index contributed by atoms with van der Waals surface area (Å²) in [7, 11) is 5.79. The molecular formula is C23H28BN3. The van der Waals surface area contributed by atoms with Crippen LogP contribution in [-0.2, 0) is 10.8 Å². The number of aromatic nitrogens is 2. The quantitative estimate of drug-likeness (QED) is 0.822. The van der Waals surface area contributed by atoms with Gasteiger partial charge in [-0.3, -0.25) is 0 Å². The van der Waals surface area contributed by atoms with Crippen molar-refractivity contribution < 1.29 is 0 Å². The predicted octanol–water partition coefficient (Wildman–Crippen LogP) is 4.11. The minimum atomic E-state index is -0.0312. The van der Waals surface area contributed by atoms with Gasteiger partial charge in [0.05, 0.1) is 17.4 Å². The van der Waals surface area contributed by atoms with E-state index in [1.807, 2.05) is 30.5 Å². The van der Waals surface area contributed by atoms with Gasteiger partial charge in [0, 0.05) is 22.6 Å². The summed E-state index contributed by atoms with van der Waals surface area (Å²) in [4.78, 5) is 9.73. The molecule has 0 saturated carbocycles. The maximum absolute atomic E-state index is 5.79. The molecule has 0 saturated heterocycles. The Morgan fingerprint density at radius 3 is 1.89 bits per heavy atom. The molecule has 1 aliphatic heterocycles. The van der Waals surface area contributed by atoms with E-state index in [2.05, 4.69) is 65.1 Å². The predicted molar refractivity (Wildman–Crippen MR) is 114 cm³/mol. The van der Waals surface area contributed by atoms with E-state index in [1.54, 1.807) is 0 Å². The van der Waals surface area contributed by atoms with Crippen LogP contribution in [0.1, 0.15) is 70.4 Å². The van der Waals surface area contributed by atoms with Crippen LogP contribution >= 0.6 is 0 Å². The highest BCUT2D eigenvalue weighted by molar-refractivity contribution is 6.32. The molecule has 0 spiro atoms. The smallest absolute Gasteiger partial charge is 0.161 e. The van der Waals surface area contributed by atoms with Crippen LogP contribution in [0.2, 0.25) is 0 Å². The number of hydrogen-bond acceptors (Lipinski definition) is 3. The molecule has 1 atom stereocenters. The molecule has 138 valence electrons. The fourth-order valence-corrected chi connectivity index (χ4v) is 2.88. The first-order valence-electron chi connectivity index (χ1n) is 9.44. The zero-order chi connectivity index (χ0) is 19.8. The van der Waals surface area contributed by atoms with E-state index in [-0.39, 0.29) is 16.9 Å². The Labute approximate surface area is 164 Å². The van der Waals surface area contributed by atoms with E-state index < -0.39 is 0 Å². The molecule has 1 aliphatic rings. The summed E-state index contributed by atoms with van der Waals surface area (Å²) in [6.45, 7) is 13.1. The normalized spacial score (nSPS) is 17.4. The lowest BCUT2D eigenvalue weighted by Gasteiger charge is -2.25. The highest BCUT2D eigenvalue weighted by atomic mass is 14.9. The second-order valence-corrected chi connectivity index (χ2v) is 9.23. The fourth-order valence-electron chi connectivity index (χ4n) is 2.88. The van der Waals surface area contributed by atoms with Crippen molar-refractivity contribution in [3.8, 4) is 0 Å². The molecule has 2 aromatic rings. The van der Waals surface area contributed by atoms with Gasteiger partial charge in [-0.2, -0.15) is 0 Å². The Balaban J connectivity index is 1.93. The molecule has 3 nitrogen and oxygen atoms in total. The number of hydrogen-bond donors (Lipinski definition) is 1. The Morgan fingerprint density at radius 2 is 1.44 bits per heavy atom. The van der Waals surface area contributed by atoms with Gasteiger partial charge in [0.15, 0.2) is 5.82 Å². The van der Waals surface area contributed by atoms with Crippen molar-refractivity contribution in [3.05, 3.63) is 71.5 Å². The maximum atomic E-state index is 5.79. The van der Waals surface area contributed by atoms with Crippen molar-refractivity contribution >= 4 is 18.9 Å². The lowest BCUT2D eigenvalue weighted by Crippen LogP contribution is -2.22. The molecule has 2 heterocycles. The van der Waals surface area contributed by atoms with Crippen LogP contribution < -0.4 is 10.8 Å². The Kier molecular flexibility index (Phi) is 5.03. The first-order chi connectivity index (χ1) is 12.5. The zero-order valence-electron chi connectivity index (χ0n) is 17.2.